The van der Waals surface area contributed by atoms with E-state index in [4.69, 9.17) is 8.95 Å². The van der Waals surface area contributed by atoms with Gasteiger partial charge >= 0.3 is 0 Å². The van der Waals surface area contributed by atoms with Crippen LogP contribution in [-0.4, -0.2) is 17.4 Å². The van der Waals surface area contributed by atoms with Crippen LogP contribution in [0.5, 0.6) is 0 Å². The van der Waals surface area contributed by atoms with Gasteiger partial charge < -0.3 is 10.3 Å². The highest BCUT2D eigenvalue weighted by Crippen LogP contribution is 2.36. The molecule has 2 aliphatic heterocycles. The van der Waals surface area contributed by atoms with E-state index in [2.05, 4.69) is 15.8 Å². The van der Waals surface area contributed by atoms with Gasteiger partial charge in [-0.15, -0.1) is 0 Å². The number of hydroxylamine groups is 1. The predicted octanol–water partition coefficient (Wildman–Crippen LogP) is 3.57. The molecule has 132 valence electrons. The summed E-state index contributed by atoms with van der Waals surface area (Å²) in [5.41, 5.74) is 4.10. The van der Waals surface area contributed by atoms with Crippen LogP contribution in [0.1, 0.15) is 44.5 Å². The van der Waals surface area contributed by atoms with Gasteiger partial charge in [-0.3, -0.25) is 9.63 Å². The standard InChI is InChI=1S/C20H18FN3O2/c21-15-9-11(6-7-12(15)16-5-2-8-22-16)19-14-10-26-24-20(25)13-3-1-4-17(23-19)18(13)14/h1,3-4,6-7,9,16,22-23H,2,5,8,10H2,(H,24,25)/t16-/m1/s1/i10D2,16D. The zero-order chi connectivity index (χ0) is 20.4. The fourth-order valence-electron chi connectivity index (χ4n) is 3.67. The number of rotatable bonds is 2. The topological polar surface area (TPSA) is 66.1 Å². The van der Waals surface area contributed by atoms with Gasteiger partial charge in [0.1, 0.15) is 12.4 Å². The summed E-state index contributed by atoms with van der Waals surface area (Å²) in [5, 5.41) is 3.43. The number of hydrogen-bond donors (Lipinski definition) is 3. The molecule has 26 heavy (non-hydrogen) atoms. The van der Waals surface area contributed by atoms with Crippen LogP contribution in [-0.2, 0) is 11.4 Å². The van der Waals surface area contributed by atoms with Gasteiger partial charge in [-0.1, -0.05) is 18.2 Å². The molecule has 2 aromatic carbocycles. The molecule has 3 N–H and O–H groups in total. The lowest BCUT2D eigenvalue weighted by atomic mass is 9.99. The van der Waals surface area contributed by atoms with Crippen molar-refractivity contribution in [3.05, 3.63) is 58.9 Å². The lowest BCUT2D eigenvalue weighted by Gasteiger charge is -2.13. The Labute approximate surface area is 153 Å². The van der Waals surface area contributed by atoms with Gasteiger partial charge in [0.2, 0.25) is 0 Å². The molecule has 0 saturated carbocycles. The van der Waals surface area contributed by atoms with E-state index in [1.165, 1.54) is 6.07 Å². The Morgan fingerprint density at radius 1 is 1.31 bits per heavy atom. The van der Waals surface area contributed by atoms with E-state index >= 15 is 0 Å². The minimum atomic E-state index is -2.32. The predicted molar refractivity (Wildman–Crippen MR) is 95.9 cm³/mol. The average molecular weight is 354 g/mol. The SMILES string of the molecule is [2H]C1([2H])ONC(=O)c2cccc3[nH]c(-c4ccc([C@@]5([2H])CCCN5)c(F)c4)c1c23. The molecule has 6 heteroatoms. The Morgan fingerprint density at radius 3 is 3.04 bits per heavy atom. The number of amides is 1. The van der Waals surface area contributed by atoms with Crippen LogP contribution >= 0.6 is 0 Å². The number of carbonyl (C=O) groups is 1. The molecule has 1 aromatic heterocycles. The molecule has 0 aliphatic carbocycles. The van der Waals surface area contributed by atoms with E-state index in [9.17, 15) is 9.18 Å². The highest BCUT2D eigenvalue weighted by molar-refractivity contribution is 6.09. The van der Waals surface area contributed by atoms with Gasteiger partial charge in [0.15, 0.2) is 0 Å². The fourth-order valence-corrected chi connectivity index (χ4v) is 3.67. The van der Waals surface area contributed by atoms with E-state index in [0.717, 1.165) is 6.42 Å². The van der Waals surface area contributed by atoms with Gasteiger partial charge in [-0.2, -0.15) is 0 Å². The van der Waals surface area contributed by atoms with Crippen molar-refractivity contribution in [3.63, 3.8) is 0 Å². The van der Waals surface area contributed by atoms with Crippen molar-refractivity contribution in [2.45, 2.75) is 25.4 Å². The third kappa shape index (κ3) is 2.34. The Bertz CT molecular complexity index is 1160. The summed E-state index contributed by atoms with van der Waals surface area (Å²) in [6.07, 6.45) is 1.33. The van der Waals surface area contributed by atoms with Gasteiger partial charge in [0.05, 0.1) is 15.4 Å². The Kier molecular flexibility index (Phi) is 2.88. The molecule has 1 atom stereocenters. The molecule has 1 amide bonds. The number of H-pyrrole nitrogens is 1. The van der Waals surface area contributed by atoms with Crippen molar-refractivity contribution in [1.29, 1.82) is 0 Å². The monoisotopic (exact) mass is 354 g/mol. The summed E-state index contributed by atoms with van der Waals surface area (Å²) in [7, 11) is 0. The van der Waals surface area contributed by atoms with Crippen molar-refractivity contribution < 1.29 is 18.1 Å². The normalized spacial score (nSPS) is 26.0. The summed E-state index contributed by atoms with van der Waals surface area (Å²) in [4.78, 5) is 20.4. The molecule has 0 spiro atoms. The Morgan fingerprint density at radius 2 is 2.23 bits per heavy atom. The van der Waals surface area contributed by atoms with Crippen LogP contribution in [0, 0.1) is 5.82 Å². The first-order valence-electron chi connectivity index (χ1n) is 9.99. The Hall–Kier alpha value is -2.70. The van der Waals surface area contributed by atoms with Crippen molar-refractivity contribution in [2.24, 2.45) is 0 Å². The van der Waals surface area contributed by atoms with Crippen molar-refractivity contribution in [3.8, 4) is 11.3 Å². The third-order valence-corrected chi connectivity index (χ3v) is 4.89. The summed E-state index contributed by atoms with van der Waals surface area (Å²) >= 11 is 0. The number of nitrogens with one attached hydrogen (secondary N) is 3. The molecular formula is C20H18FN3O2. The van der Waals surface area contributed by atoms with E-state index in [1.807, 2.05) is 0 Å². The third-order valence-electron chi connectivity index (χ3n) is 4.89. The number of benzene rings is 2. The highest BCUT2D eigenvalue weighted by atomic mass is 19.1. The fraction of sp³-hybridized carbons (Fsp3) is 0.250. The van der Waals surface area contributed by atoms with Crippen LogP contribution in [0.15, 0.2) is 36.4 Å². The lowest BCUT2D eigenvalue weighted by molar-refractivity contribution is 0.0256. The van der Waals surface area contributed by atoms with E-state index in [0.29, 0.717) is 35.1 Å². The summed E-state index contributed by atoms with van der Waals surface area (Å²) in [6.45, 7) is -1.66. The first-order chi connectivity index (χ1) is 13.8. The zero-order valence-corrected chi connectivity index (χ0v) is 13.8. The quantitative estimate of drug-likeness (QED) is 0.659. The van der Waals surface area contributed by atoms with Crippen LogP contribution in [0.25, 0.3) is 22.2 Å². The maximum Gasteiger partial charge on any atom is 0.275 e. The van der Waals surface area contributed by atoms with Gasteiger partial charge in [0, 0.05) is 33.6 Å². The van der Waals surface area contributed by atoms with Crippen molar-refractivity contribution in [1.82, 2.24) is 15.8 Å². The average Bonchev–Trinajstić information content (AvgIpc) is 3.28. The highest BCUT2D eigenvalue weighted by Gasteiger charge is 2.24. The molecule has 3 heterocycles. The van der Waals surface area contributed by atoms with Crippen LogP contribution in [0.3, 0.4) is 0 Å². The molecule has 3 aromatic rings. The number of hydrogen-bond acceptors (Lipinski definition) is 3. The van der Waals surface area contributed by atoms with E-state index in [-0.39, 0.29) is 16.7 Å². The second-order valence-electron chi connectivity index (χ2n) is 6.44. The maximum atomic E-state index is 15.0. The molecule has 1 saturated heterocycles. The molecule has 0 radical (unpaired) electrons. The molecule has 1 fully saturated rings. The van der Waals surface area contributed by atoms with Crippen LogP contribution < -0.4 is 10.8 Å². The molecular weight excluding hydrogens is 333 g/mol. The zero-order valence-electron chi connectivity index (χ0n) is 16.8. The molecule has 0 bridgehead atoms. The second kappa shape index (κ2) is 5.93. The maximum absolute atomic E-state index is 15.0. The van der Waals surface area contributed by atoms with Gasteiger partial charge in [0.25, 0.3) is 5.91 Å². The molecule has 2 aliphatic rings. The number of aromatic amines is 1. The number of halogens is 1. The van der Waals surface area contributed by atoms with Crippen LogP contribution in [0.2, 0.25) is 0 Å². The smallest absolute Gasteiger partial charge is 0.275 e. The minimum Gasteiger partial charge on any atom is -0.354 e. The number of aromatic nitrogens is 1. The summed E-state index contributed by atoms with van der Waals surface area (Å²) < 4.78 is 40.1. The van der Waals surface area contributed by atoms with Gasteiger partial charge in [-0.25, -0.2) is 9.87 Å². The first kappa shape index (κ1) is 12.6. The minimum absolute atomic E-state index is 0.133. The van der Waals surface area contributed by atoms with Gasteiger partial charge in [-0.05, 0) is 37.6 Å². The molecule has 5 nitrogen and oxygen atoms in total. The van der Waals surface area contributed by atoms with Crippen molar-refractivity contribution >= 4 is 16.8 Å². The largest absolute Gasteiger partial charge is 0.354 e. The van der Waals surface area contributed by atoms with E-state index < -0.39 is 24.3 Å². The molecule has 0 unspecified atom stereocenters. The van der Waals surface area contributed by atoms with Crippen molar-refractivity contribution in [2.75, 3.05) is 6.54 Å². The van der Waals surface area contributed by atoms with E-state index in [1.54, 1.807) is 30.3 Å². The lowest BCUT2D eigenvalue weighted by Crippen LogP contribution is -2.21. The second-order valence-corrected chi connectivity index (χ2v) is 6.44. The summed E-state index contributed by atoms with van der Waals surface area (Å²) in [5.74, 6) is -1.09. The summed E-state index contributed by atoms with van der Waals surface area (Å²) in [6, 6.07) is 8.35. The first-order valence-corrected chi connectivity index (χ1v) is 8.49. The van der Waals surface area contributed by atoms with Crippen LogP contribution in [0.4, 0.5) is 4.39 Å². The number of carbonyl (C=O) groups excluding carboxylic acids is 1. The molecule has 5 rings (SSSR count). The Balaban J connectivity index is 1.72.